The molecule has 2 amide bonds. The summed E-state index contributed by atoms with van der Waals surface area (Å²) in [5.41, 5.74) is -0.199. The molecule has 0 aromatic heterocycles. The Kier molecular flexibility index (Phi) is 4.84. The van der Waals surface area contributed by atoms with Crippen molar-refractivity contribution in [3.8, 4) is 0 Å². The molecule has 3 aliphatic rings. The van der Waals surface area contributed by atoms with Crippen molar-refractivity contribution in [3.63, 3.8) is 0 Å². The fourth-order valence-corrected chi connectivity index (χ4v) is 3.89. The Morgan fingerprint density at radius 1 is 1.07 bits per heavy atom. The van der Waals surface area contributed by atoms with Crippen molar-refractivity contribution < 1.29 is 28.6 Å². The van der Waals surface area contributed by atoms with Crippen LogP contribution in [0.5, 0.6) is 0 Å². The van der Waals surface area contributed by atoms with Crippen molar-refractivity contribution in [2.45, 2.75) is 31.5 Å². The minimum atomic E-state index is -1.01. The number of methoxy groups -OCH3 is 1. The van der Waals surface area contributed by atoms with E-state index in [2.05, 4.69) is 5.32 Å². The van der Waals surface area contributed by atoms with Gasteiger partial charge in [-0.1, -0.05) is 6.07 Å². The lowest BCUT2D eigenvalue weighted by Gasteiger charge is -2.38. The smallest absolute Gasteiger partial charge is 0.337 e. The number of amides is 2. The number of hydrogen-bond acceptors (Lipinski definition) is 6. The minimum Gasteiger partial charge on any atom is -0.465 e. The highest BCUT2D eigenvalue weighted by molar-refractivity contribution is 6.13. The summed E-state index contributed by atoms with van der Waals surface area (Å²) in [4.78, 5) is 39.3. The molecule has 3 fully saturated rings. The number of hydrogen-bond donors (Lipinski definition) is 1. The minimum absolute atomic E-state index is 0.137. The van der Waals surface area contributed by atoms with Gasteiger partial charge in [-0.25, -0.2) is 4.79 Å². The van der Waals surface area contributed by atoms with E-state index in [0.29, 0.717) is 63.2 Å². The van der Waals surface area contributed by atoms with E-state index in [1.807, 2.05) is 0 Å². The molecule has 1 aliphatic carbocycles. The largest absolute Gasteiger partial charge is 0.465 e. The van der Waals surface area contributed by atoms with Crippen LogP contribution in [-0.2, 0) is 23.8 Å². The third kappa shape index (κ3) is 3.38. The van der Waals surface area contributed by atoms with E-state index in [1.54, 1.807) is 29.2 Å². The molecule has 0 unspecified atom stereocenters. The summed E-state index contributed by atoms with van der Waals surface area (Å²) in [5.74, 6) is -1.49. The number of nitrogens with zero attached hydrogens (tertiary/aromatic N) is 1. The average Bonchev–Trinajstić information content (AvgIpc) is 3.42. The third-order valence-electron chi connectivity index (χ3n) is 5.76. The van der Waals surface area contributed by atoms with Gasteiger partial charge in [0.2, 0.25) is 11.8 Å². The van der Waals surface area contributed by atoms with Gasteiger partial charge >= 0.3 is 5.97 Å². The Morgan fingerprint density at radius 3 is 2.36 bits per heavy atom. The van der Waals surface area contributed by atoms with Crippen LogP contribution in [0, 0.1) is 5.41 Å². The lowest BCUT2D eigenvalue weighted by atomic mass is 9.98. The van der Waals surface area contributed by atoms with Gasteiger partial charge in [0.1, 0.15) is 5.41 Å². The fourth-order valence-electron chi connectivity index (χ4n) is 3.89. The summed E-state index contributed by atoms with van der Waals surface area (Å²) in [6.07, 6.45) is 2.31. The molecule has 2 saturated heterocycles. The predicted octanol–water partition coefficient (Wildman–Crippen LogP) is 1.56. The first kappa shape index (κ1) is 18.9. The molecule has 0 bridgehead atoms. The number of likely N-dealkylation sites (tertiary alicyclic amines) is 1. The molecule has 28 heavy (non-hydrogen) atoms. The van der Waals surface area contributed by atoms with Gasteiger partial charge < -0.3 is 24.4 Å². The second kappa shape index (κ2) is 7.18. The monoisotopic (exact) mass is 388 g/mol. The van der Waals surface area contributed by atoms with Crippen LogP contribution in [-0.4, -0.2) is 61.9 Å². The first-order valence-corrected chi connectivity index (χ1v) is 9.55. The number of ether oxygens (including phenoxy) is 3. The van der Waals surface area contributed by atoms with E-state index in [9.17, 15) is 14.4 Å². The Hall–Kier alpha value is -2.45. The summed E-state index contributed by atoms with van der Waals surface area (Å²) in [6, 6.07) is 6.50. The molecule has 1 spiro atoms. The molecule has 1 saturated carbocycles. The lowest BCUT2D eigenvalue weighted by molar-refractivity contribution is -0.188. The zero-order valence-electron chi connectivity index (χ0n) is 15.9. The van der Waals surface area contributed by atoms with E-state index < -0.39 is 17.2 Å². The first-order chi connectivity index (χ1) is 13.5. The van der Waals surface area contributed by atoms with Gasteiger partial charge in [0.25, 0.3) is 0 Å². The Labute approximate surface area is 163 Å². The van der Waals surface area contributed by atoms with Crippen LogP contribution < -0.4 is 5.32 Å². The van der Waals surface area contributed by atoms with E-state index in [-0.39, 0.29) is 11.8 Å². The number of piperidine rings is 1. The fraction of sp³-hybridized carbons (Fsp3) is 0.550. The molecule has 1 aromatic rings. The highest BCUT2D eigenvalue weighted by Gasteiger charge is 2.58. The van der Waals surface area contributed by atoms with Crippen molar-refractivity contribution in [2.24, 2.45) is 5.41 Å². The Bertz CT molecular complexity index is 788. The topological polar surface area (TPSA) is 94.2 Å². The number of rotatable bonds is 4. The summed E-state index contributed by atoms with van der Waals surface area (Å²) in [7, 11) is 1.30. The number of esters is 1. The molecule has 1 aromatic carbocycles. The zero-order chi connectivity index (χ0) is 19.8. The second-order valence-electron chi connectivity index (χ2n) is 7.51. The first-order valence-electron chi connectivity index (χ1n) is 9.55. The lowest BCUT2D eigenvalue weighted by Crippen LogP contribution is -2.51. The molecular formula is C20H24N2O6. The summed E-state index contributed by atoms with van der Waals surface area (Å²) >= 11 is 0. The van der Waals surface area contributed by atoms with Gasteiger partial charge in [0.05, 0.1) is 25.9 Å². The van der Waals surface area contributed by atoms with E-state index in [1.165, 1.54) is 7.11 Å². The average molecular weight is 388 g/mol. The molecule has 1 N–H and O–H groups in total. The maximum Gasteiger partial charge on any atom is 0.337 e. The van der Waals surface area contributed by atoms with Crippen LogP contribution in [0.25, 0.3) is 0 Å². The van der Waals surface area contributed by atoms with Crippen molar-refractivity contribution in [1.82, 2.24) is 4.90 Å². The second-order valence-corrected chi connectivity index (χ2v) is 7.51. The van der Waals surface area contributed by atoms with E-state index in [0.717, 1.165) is 0 Å². The normalized spacial score (nSPS) is 22.0. The molecule has 2 aliphatic heterocycles. The van der Waals surface area contributed by atoms with Crippen molar-refractivity contribution >= 4 is 23.5 Å². The molecule has 0 radical (unpaired) electrons. The summed E-state index contributed by atoms with van der Waals surface area (Å²) in [6.45, 7) is 2.22. The van der Waals surface area contributed by atoms with Gasteiger partial charge in [0.15, 0.2) is 5.79 Å². The van der Waals surface area contributed by atoms with Crippen molar-refractivity contribution in [3.05, 3.63) is 29.8 Å². The van der Waals surface area contributed by atoms with Crippen LogP contribution >= 0.6 is 0 Å². The standard InChI is InChI=1S/C20H24N2O6/c1-26-16(23)14-3-2-4-15(13-14)21-17(24)19(5-6-19)18(25)22-9-7-20(8-10-22)27-11-12-28-20/h2-4,13H,5-12H2,1H3,(H,21,24). The van der Waals surface area contributed by atoms with Crippen molar-refractivity contribution in [1.29, 1.82) is 0 Å². The Balaban J connectivity index is 1.40. The molecule has 8 heteroatoms. The van der Waals surface area contributed by atoms with Crippen LogP contribution in [0.15, 0.2) is 24.3 Å². The number of benzene rings is 1. The molecular weight excluding hydrogens is 364 g/mol. The number of nitrogens with one attached hydrogen (secondary N) is 1. The summed E-state index contributed by atoms with van der Waals surface area (Å²) in [5, 5.41) is 2.79. The van der Waals surface area contributed by atoms with Gasteiger partial charge in [0, 0.05) is 31.6 Å². The predicted molar refractivity (Wildman–Crippen MR) is 98.5 cm³/mol. The zero-order valence-corrected chi connectivity index (χ0v) is 15.9. The van der Waals surface area contributed by atoms with Crippen LogP contribution in [0.2, 0.25) is 0 Å². The maximum atomic E-state index is 13.0. The third-order valence-corrected chi connectivity index (χ3v) is 5.76. The molecule has 2 heterocycles. The van der Waals surface area contributed by atoms with Crippen LogP contribution in [0.1, 0.15) is 36.0 Å². The van der Waals surface area contributed by atoms with E-state index >= 15 is 0 Å². The van der Waals surface area contributed by atoms with Crippen LogP contribution in [0.3, 0.4) is 0 Å². The number of carbonyl (C=O) groups is 3. The Morgan fingerprint density at radius 2 is 1.75 bits per heavy atom. The molecule has 150 valence electrons. The van der Waals surface area contributed by atoms with Gasteiger partial charge in [-0.15, -0.1) is 0 Å². The number of carbonyl (C=O) groups excluding carboxylic acids is 3. The quantitative estimate of drug-likeness (QED) is 0.621. The van der Waals surface area contributed by atoms with Gasteiger partial charge in [-0.3, -0.25) is 9.59 Å². The SMILES string of the molecule is COC(=O)c1cccc(NC(=O)C2(C(=O)N3CCC4(CC3)OCCO4)CC2)c1. The maximum absolute atomic E-state index is 13.0. The van der Waals surface area contributed by atoms with Gasteiger partial charge in [-0.05, 0) is 31.0 Å². The highest BCUT2D eigenvalue weighted by Crippen LogP contribution is 2.49. The molecule has 0 atom stereocenters. The molecule has 8 nitrogen and oxygen atoms in total. The van der Waals surface area contributed by atoms with Gasteiger partial charge in [-0.2, -0.15) is 0 Å². The number of anilines is 1. The van der Waals surface area contributed by atoms with E-state index in [4.69, 9.17) is 14.2 Å². The summed E-state index contributed by atoms with van der Waals surface area (Å²) < 4.78 is 16.1. The van der Waals surface area contributed by atoms with Crippen LogP contribution in [0.4, 0.5) is 5.69 Å². The molecule has 4 rings (SSSR count). The highest BCUT2D eigenvalue weighted by atomic mass is 16.7. The van der Waals surface area contributed by atoms with Crippen molar-refractivity contribution in [2.75, 3.05) is 38.7 Å².